The van der Waals surface area contributed by atoms with Gasteiger partial charge in [0, 0.05) is 22.3 Å². The van der Waals surface area contributed by atoms with Gasteiger partial charge in [-0.25, -0.2) is 13.1 Å². The lowest BCUT2D eigenvalue weighted by atomic mass is 10.3. The van der Waals surface area contributed by atoms with Gasteiger partial charge in [0.25, 0.3) is 0 Å². The summed E-state index contributed by atoms with van der Waals surface area (Å²) in [5.41, 5.74) is 0.650. The lowest BCUT2D eigenvalue weighted by Crippen LogP contribution is -2.26. The van der Waals surface area contributed by atoms with E-state index in [1.807, 2.05) is 12.1 Å². The Bertz CT molecular complexity index is 734. The third-order valence-corrected chi connectivity index (χ3v) is 5.90. The van der Waals surface area contributed by atoms with Gasteiger partial charge in [-0.05, 0) is 44.0 Å². The topological polar surface area (TPSA) is 58.2 Å². The molecule has 2 aromatic rings. The van der Waals surface area contributed by atoms with Crippen LogP contribution in [0.5, 0.6) is 0 Å². The minimum atomic E-state index is -3.44. The van der Waals surface area contributed by atoms with E-state index in [2.05, 4.69) is 29.1 Å². The number of nitrogens with one attached hydrogen (secondary N) is 2. The first-order chi connectivity index (χ1) is 10.0. The van der Waals surface area contributed by atoms with Crippen LogP contribution in [0.2, 0.25) is 0 Å². The lowest BCUT2D eigenvalue weighted by molar-refractivity contribution is 0.581. The third kappa shape index (κ3) is 3.64. The normalized spacial score (nSPS) is 15.1. The molecule has 1 aliphatic carbocycles. The molecule has 112 valence electrons. The molecule has 4 nitrogen and oxygen atoms in total. The average Bonchev–Trinajstić information content (AvgIpc) is 3.15. The van der Waals surface area contributed by atoms with Crippen molar-refractivity contribution in [2.45, 2.75) is 37.2 Å². The van der Waals surface area contributed by atoms with Gasteiger partial charge in [-0.2, -0.15) is 0 Å². The third-order valence-electron chi connectivity index (χ3n) is 3.32. The Morgan fingerprint density at radius 1 is 1.19 bits per heavy atom. The van der Waals surface area contributed by atoms with Crippen LogP contribution < -0.4 is 10.0 Å². The van der Waals surface area contributed by atoms with Crippen LogP contribution in [0, 0.1) is 6.92 Å². The summed E-state index contributed by atoms with van der Waals surface area (Å²) in [4.78, 5) is 2.77. The SMILES string of the molecule is Cc1ccc(CNc2ccccc2S(=O)(=O)NC2CC2)s1. The first kappa shape index (κ1) is 14.6. The van der Waals surface area contributed by atoms with E-state index in [0.717, 1.165) is 12.8 Å². The summed E-state index contributed by atoms with van der Waals surface area (Å²) in [7, 11) is -3.44. The van der Waals surface area contributed by atoms with Crippen molar-refractivity contribution in [2.75, 3.05) is 5.32 Å². The van der Waals surface area contributed by atoms with Crippen molar-refractivity contribution in [3.63, 3.8) is 0 Å². The molecule has 0 aliphatic heterocycles. The van der Waals surface area contributed by atoms with E-state index in [0.29, 0.717) is 17.1 Å². The molecule has 2 N–H and O–H groups in total. The number of sulfonamides is 1. The van der Waals surface area contributed by atoms with Gasteiger partial charge >= 0.3 is 0 Å². The first-order valence-corrected chi connectivity index (χ1v) is 9.25. The van der Waals surface area contributed by atoms with Crippen LogP contribution in [0.1, 0.15) is 22.6 Å². The van der Waals surface area contributed by atoms with E-state index in [1.54, 1.807) is 23.5 Å². The molecule has 1 aromatic carbocycles. The summed E-state index contributed by atoms with van der Waals surface area (Å²) in [5, 5.41) is 3.23. The molecule has 0 saturated heterocycles. The van der Waals surface area contributed by atoms with E-state index < -0.39 is 10.0 Å². The van der Waals surface area contributed by atoms with Crippen molar-refractivity contribution in [2.24, 2.45) is 0 Å². The minimum Gasteiger partial charge on any atom is -0.379 e. The second-order valence-corrected chi connectivity index (χ2v) is 8.31. The summed E-state index contributed by atoms with van der Waals surface area (Å²) in [6.45, 7) is 2.70. The molecule has 0 bridgehead atoms. The predicted octanol–water partition coefficient (Wildman–Crippen LogP) is 3.11. The molecule has 0 unspecified atom stereocenters. The molecule has 0 spiro atoms. The molecule has 1 heterocycles. The molecule has 1 aromatic heterocycles. The van der Waals surface area contributed by atoms with Gasteiger partial charge in [-0.1, -0.05) is 12.1 Å². The lowest BCUT2D eigenvalue weighted by Gasteiger charge is -2.12. The second-order valence-electron chi connectivity index (χ2n) is 5.26. The molecular weight excluding hydrogens is 304 g/mol. The number of benzene rings is 1. The number of thiophene rings is 1. The van der Waals surface area contributed by atoms with E-state index in [1.165, 1.54) is 9.75 Å². The summed E-state index contributed by atoms with van der Waals surface area (Å²) in [5.74, 6) is 0. The molecule has 3 rings (SSSR count). The number of hydrogen-bond acceptors (Lipinski definition) is 4. The Kier molecular flexibility index (Phi) is 4.01. The largest absolute Gasteiger partial charge is 0.379 e. The van der Waals surface area contributed by atoms with E-state index in [4.69, 9.17) is 0 Å². The summed E-state index contributed by atoms with van der Waals surface area (Å²) in [6, 6.07) is 11.3. The standard InChI is InChI=1S/C15H18N2O2S2/c1-11-6-9-13(20-11)10-16-14-4-2-3-5-15(14)21(18,19)17-12-7-8-12/h2-6,9,12,16-17H,7-8,10H2,1H3. The molecule has 6 heteroatoms. The average molecular weight is 322 g/mol. The van der Waals surface area contributed by atoms with E-state index in [9.17, 15) is 8.42 Å². The van der Waals surface area contributed by atoms with Crippen molar-refractivity contribution in [3.8, 4) is 0 Å². The van der Waals surface area contributed by atoms with Crippen molar-refractivity contribution in [1.82, 2.24) is 4.72 Å². The number of anilines is 1. The zero-order chi connectivity index (χ0) is 14.9. The number of rotatable bonds is 6. The van der Waals surface area contributed by atoms with Crippen LogP contribution in [-0.2, 0) is 16.6 Å². The van der Waals surface area contributed by atoms with Crippen LogP contribution in [0.4, 0.5) is 5.69 Å². The Morgan fingerprint density at radius 2 is 1.95 bits per heavy atom. The van der Waals surface area contributed by atoms with Crippen molar-refractivity contribution < 1.29 is 8.42 Å². The van der Waals surface area contributed by atoms with Crippen LogP contribution in [0.3, 0.4) is 0 Å². The van der Waals surface area contributed by atoms with Gasteiger partial charge in [0.1, 0.15) is 4.90 Å². The molecular formula is C15H18N2O2S2. The Hall–Kier alpha value is -1.37. The summed E-state index contributed by atoms with van der Waals surface area (Å²) in [6.07, 6.45) is 1.87. The fourth-order valence-electron chi connectivity index (χ4n) is 2.09. The fourth-order valence-corrected chi connectivity index (χ4v) is 4.41. The highest BCUT2D eigenvalue weighted by Gasteiger charge is 2.29. The maximum absolute atomic E-state index is 12.4. The van der Waals surface area contributed by atoms with Crippen LogP contribution >= 0.6 is 11.3 Å². The fraction of sp³-hybridized carbons (Fsp3) is 0.333. The van der Waals surface area contributed by atoms with Gasteiger partial charge in [-0.15, -0.1) is 11.3 Å². The highest BCUT2D eigenvalue weighted by molar-refractivity contribution is 7.89. The van der Waals surface area contributed by atoms with Crippen LogP contribution in [-0.4, -0.2) is 14.5 Å². The van der Waals surface area contributed by atoms with Gasteiger partial charge in [0.05, 0.1) is 5.69 Å². The summed E-state index contributed by atoms with van der Waals surface area (Å²) < 4.78 is 27.5. The predicted molar refractivity (Wildman–Crippen MR) is 86.2 cm³/mol. The van der Waals surface area contributed by atoms with Gasteiger partial charge in [-0.3, -0.25) is 0 Å². The highest BCUT2D eigenvalue weighted by Crippen LogP contribution is 2.26. The van der Waals surface area contributed by atoms with Gasteiger partial charge in [0.15, 0.2) is 0 Å². The summed E-state index contributed by atoms with van der Waals surface area (Å²) >= 11 is 1.71. The molecule has 0 radical (unpaired) electrons. The maximum atomic E-state index is 12.4. The zero-order valence-electron chi connectivity index (χ0n) is 11.8. The number of aryl methyl sites for hydroxylation is 1. The zero-order valence-corrected chi connectivity index (χ0v) is 13.4. The number of hydrogen-bond donors (Lipinski definition) is 2. The van der Waals surface area contributed by atoms with Crippen molar-refractivity contribution in [3.05, 3.63) is 46.2 Å². The molecule has 0 atom stereocenters. The Morgan fingerprint density at radius 3 is 2.62 bits per heavy atom. The molecule has 1 saturated carbocycles. The first-order valence-electron chi connectivity index (χ1n) is 6.95. The Labute approximate surface area is 129 Å². The quantitative estimate of drug-likeness (QED) is 0.859. The maximum Gasteiger partial charge on any atom is 0.242 e. The van der Waals surface area contributed by atoms with Gasteiger partial charge in [0.2, 0.25) is 10.0 Å². The minimum absolute atomic E-state index is 0.114. The van der Waals surface area contributed by atoms with Gasteiger partial charge < -0.3 is 5.32 Å². The van der Waals surface area contributed by atoms with Crippen LogP contribution in [0.25, 0.3) is 0 Å². The van der Waals surface area contributed by atoms with E-state index >= 15 is 0 Å². The molecule has 1 fully saturated rings. The highest BCUT2D eigenvalue weighted by atomic mass is 32.2. The molecule has 21 heavy (non-hydrogen) atoms. The van der Waals surface area contributed by atoms with Crippen molar-refractivity contribution in [1.29, 1.82) is 0 Å². The second kappa shape index (κ2) is 5.79. The Balaban J connectivity index is 1.78. The van der Waals surface area contributed by atoms with Crippen LogP contribution in [0.15, 0.2) is 41.3 Å². The number of para-hydroxylation sites is 1. The smallest absolute Gasteiger partial charge is 0.242 e. The monoisotopic (exact) mass is 322 g/mol. The van der Waals surface area contributed by atoms with E-state index in [-0.39, 0.29) is 6.04 Å². The van der Waals surface area contributed by atoms with Crippen molar-refractivity contribution >= 4 is 27.0 Å². The molecule has 1 aliphatic rings. The molecule has 0 amide bonds.